The molecular formula is C15H22N2O. The van der Waals surface area contributed by atoms with Gasteiger partial charge in [0.25, 0.3) is 0 Å². The van der Waals surface area contributed by atoms with E-state index < -0.39 is 0 Å². The maximum absolute atomic E-state index is 5.21. The normalized spacial score (nSPS) is 31.7. The van der Waals surface area contributed by atoms with Crippen LogP contribution in [0.15, 0.2) is 24.3 Å². The van der Waals surface area contributed by atoms with Crippen LogP contribution in [0.1, 0.15) is 37.3 Å². The van der Waals surface area contributed by atoms with Gasteiger partial charge < -0.3 is 15.4 Å². The fourth-order valence-corrected chi connectivity index (χ4v) is 3.21. The van der Waals surface area contributed by atoms with Crippen LogP contribution >= 0.6 is 0 Å². The molecular weight excluding hydrogens is 224 g/mol. The lowest BCUT2D eigenvalue weighted by Gasteiger charge is -2.41. The molecule has 2 aliphatic rings. The Morgan fingerprint density at radius 1 is 1.06 bits per heavy atom. The number of nitrogens with one attached hydrogen (secondary N) is 2. The number of fused-ring (bicyclic) bond motifs is 1. The van der Waals surface area contributed by atoms with Crippen molar-refractivity contribution >= 4 is 0 Å². The van der Waals surface area contributed by atoms with E-state index >= 15 is 0 Å². The van der Waals surface area contributed by atoms with Gasteiger partial charge in [-0.15, -0.1) is 0 Å². The van der Waals surface area contributed by atoms with E-state index in [1.807, 2.05) is 12.1 Å². The second-order valence-electron chi connectivity index (χ2n) is 5.40. The summed E-state index contributed by atoms with van der Waals surface area (Å²) < 4.78 is 5.21. The number of hydrogen-bond donors (Lipinski definition) is 2. The largest absolute Gasteiger partial charge is 0.497 e. The van der Waals surface area contributed by atoms with Crippen molar-refractivity contribution in [2.75, 3.05) is 13.7 Å². The van der Waals surface area contributed by atoms with Crippen LogP contribution in [-0.2, 0) is 0 Å². The standard InChI is InChI=1S/C15H22N2O/c1-18-12-8-6-11(7-9-12)15-10-16-13-4-2-3-5-14(13)17-15/h6-9,13-17H,2-5,10H2,1H3/t13-,14-,15-/m0/s1. The molecule has 1 aromatic carbocycles. The van der Waals surface area contributed by atoms with E-state index in [1.165, 1.54) is 31.2 Å². The molecule has 3 rings (SSSR count). The first-order chi connectivity index (χ1) is 8.86. The first-order valence-electron chi connectivity index (χ1n) is 7.00. The molecule has 0 unspecified atom stereocenters. The molecule has 1 aliphatic heterocycles. The van der Waals surface area contributed by atoms with Crippen molar-refractivity contribution < 1.29 is 4.74 Å². The minimum absolute atomic E-state index is 0.440. The number of methoxy groups -OCH3 is 1. The first kappa shape index (κ1) is 12.0. The summed E-state index contributed by atoms with van der Waals surface area (Å²) in [5.41, 5.74) is 1.35. The van der Waals surface area contributed by atoms with E-state index in [2.05, 4.69) is 22.8 Å². The highest BCUT2D eigenvalue weighted by atomic mass is 16.5. The number of piperazine rings is 1. The SMILES string of the molecule is COc1ccc([C@@H]2CN[C@H]3CCCC[C@@H]3N2)cc1. The van der Waals surface area contributed by atoms with Crippen LogP contribution in [0.25, 0.3) is 0 Å². The van der Waals surface area contributed by atoms with Gasteiger partial charge in [0.05, 0.1) is 7.11 Å². The number of benzene rings is 1. The van der Waals surface area contributed by atoms with Gasteiger partial charge >= 0.3 is 0 Å². The molecule has 2 N–H and O–H groups in total. The summed E-state index contributed by atoms with van der Waals surface area (Å²) in [6.07, 6.45) is 5.38. The van der Waals surface area contributed by atoms with Crippen LogP contribution in [0, 0.1) is 0 Å². The summed E-state index contributed by atoms with van der Waals surface area (Å²) in [6, 6.07) is 10.2. The topological polar surface area (TPSA) is 33.3 Å². The smallest absolute Gasteiger partial charge is 0.118 e. The fraction of sp³-hybridized carbons (Fsp3) is 0.600. The van der Waals surface area contributed by atoms with Gasteiger partial charge in [0.2, 0.25) is 0 Å². The van der Waals surface area contributed by atoms with Crippen molar-refractivity contribution in [3.05, 3.63) is 29.8 Å². The molecule has 0 spiro atoms. The van der Waals surface area contributed by atoms with Gasteiger partial charge in [0.1, 0.15) is 5.75 Å². The third-order valence-electron chi connectivity index (χ3n) is 4.28. The molecule has 1 saturated carbocycles. The lowest BCUT2D eigenvalue weighted by atomic mass is 9.87. The molecule has 3 nitrogen and oxygen atoms in total. The number of hydrogen-bond acceptors (Lipinski definition) is 3. The lowest BCUT2D eigenvalue weighted by molar-refractivity contribution is 0.213. The first-order valence-corrected chi connectivity index (χ1v) is 7.00. The van der Waals surface area contributed by atoms with Crippen LogP contribution in [-0.4, -0.2) is 25.7 Å². The summed E-state index contributed by atoms with van der Waals surface area (Å²) in [5, 5.41) is 7.51. The van der Waals surface area contributed by atoms with Crippen molar-refractivity contribution in [1.29, 1.82) is 0 Å². The third kappa shape index (κ3) is 2.38. The summed E-state index contributed by atoms with van der Waals surface area (Å²) in [4.78, 5) is 0. The summed E-state index contributed by atoms with van der Waals surface area (Å²) in [6.45, 7) is 1.04. The van der Waals surface area contributed by atoms with Crippen LogP contribution < -0.4 is 15.4 Å². The molecule has 98 valence electrons. The Morgan fingerprint density at radius 2 is 1.78 bits per heavy atom. The van der Waals surface area contributed by atoms with Gasteiger partial charge in [-0.25, -0.2) is 0 Å². The molecule has 0 radical (unpaired) electrons. The maximum Gasteiger partial charge on any atom is 0.118 e. The van der Waals surface area contributed by atoms with Crippen molar-refractivity contribution in [1.82, 2.24) is 10.6 Å². The summed E-state index contributed by atoms with van der Waals surface area (Å²) >= 11 is 0. The highest BCUT2D eigenvalue weighted by Gasteiger charge is 2.31. The Balaban J connectivity index is 1.69. The molecule has 3 heteroatoms. The quantitative estimate of drug-likeness (QED) is 0.839. The van der Waals surface area contributed by atoms with Crippen LogP contribution in [0.4, 0.5) is 0 Å². The average Bonchev–Trinajstić information content (AvgIpc) is 2.47. The van der Waals surface area contributed by atoms with Crippen molar-refractivity contribution in [2.45, 2.75) is 43.8 Å². The van der Waals surface area contributed by atoms with E-state index in [4.69, 9.17) is 4.74 Å². The van der Waals surface area contributed by atoms with Gasteiger partial charge in [0, 0.05) is 24.7 Å². The third-order valence-corrected chi connectivity index (χ3v) is 4.28. The van der Waals surface area contributed by atoms with Crippen LogP contribution in [0.3, 0.4) is 0 Å². The van der Waals surface area contributed by atoms with Crippen molar-refractivity contribution in [2.24, 2.45) is 0 Å². The zero-order chi connectivity index (χ0) is 12.4. The molecule has 18 heavy (non-hydrogen) atoms. The number of rotatable bonds is 2. The van der Waals surface area contributed by atoms with Gasteiger partial charge in [0.15, 0.2) is 0 Å². The highest BCUT2D eigenvalue weighted by Crippen LogP contribution is 2.26. The zero-order valence-corrected chi connectivity index (χ0v) is 11.0. The van der Waals surface area contributed by atoms with Crippen molar-refractivity contribution in [3.8, 4) is 5.75 Å². The number of ether oxygens (including phenoxy) is 1. The maximum atomic E-state index is 5.21. The monoisotopic (exact) mass is 246 g/mol. The molecule has 1 saturated heterocycles. The molecule has 1 aliphatic carbocycles. The van der Waals surface area contributed by atoms with E-state index in [9.17, 15) is 0 Å². The van der Waals surface area contributed by atoms with E-state index in [-0.39, 0.29) is 0 Å². The van der Waals surface area contributed by atoms with Crippen LogP contribution in [0.5, 0.6) is 5.75 Å². The predicted octanol–water partition coefficient (Wildman–Crippen LogP) is 2.24. The molecule has 3 atom stereocenters. The summed E-state index contributed by atoms with van der Waals surface area (Å²) in [7, 11) is 1.71. The molecule has 2 fully saturated rings. The highest BCUT2D eigenvalue weighted by molar-refractivity contribution is 5.29. The van der Waals surface area contributed by atoms with E-state index in [1.54, 1.807) is 7.11 Å². The Labute approximate surface area is 109 Å². The van der Waals surface area contributed by atoms with Crippen LogP contribution in [0.2, 0.25) is 0 Å². The summed E-state index contributed by atoms with van der Waals surface area (Å²) in [5.74, 6) is 0.929. The average molecular weight is 246 g/mol. The van der Waals surface area contributed by atoms with Gasteiger partial charge in [-0.2, -0.15) is 0 Å². The van der Waals surface area contributed by atoms with E-state index in [0.29, 0.717) is 18.1 Å². The van der Waals surface area contributed by atoms with Gasteiger partial charge in [-0.1, -0.05) is 25.0 Å². The van der Waals surface area contributed by atoms with E-state index in [0.717, 1.165) is 12.3 Å². The predicted molar refractivity (Wildman–Crippen MR) is 72.9 cm³/mol. The second kappa shape index (κ2) is 5.29. The minimum Gasteiger partial charge on any atom is -0.497 e. The Bertz CT molecular complexity index is 390. The molecule has 1 aromatic rings. The lowest BCUT2D eigenvalue weighted by Crippen LogP contribution is -2.58. The van der Waals surface area contributed by atoms with Gasteiger partial charge in [-0.05, 0) is 30.5 Å². The molecule has 0 amide bonds. The molecule has 1 heterocycles. The fourth-order valence-electron chi connectivity index (χ4n) is 3.21. The Morgan fingerprint density at radius 3 is 2.50 bits per heavy atom. The Kier molecular flexibility index (Phi) is 3.52. The second-order valence-corrected chi connectivity index (χ2v) is 5.40. The zero-order valence-electron chi connectivity index (χ0n) is 11.0. The van der Waals surface area contributed by atoms with Gasteiger partial charge in [-0.3, -0.25) is 0 Å². The Hall–Kier alpha value is -1.06. The molecule has 0 bridgehead atoms. The minimum atomic E-state index is 0.440. The molecule has 0 aromatic heterocycles. The van der Waals surface area contributed by atoms with Crippen molar-refractivity contribution in [3.63, 3.8) is 0 Å².